The molecule has 0 aliphatic carbocycles. The highest BCUT2D eigenvalue weighted by Gasteiger charge is 2.10. The largest absolute Gasteiger partial charge is 0.126 e. The molecule has 0 aliphatic rings. The molecule has 0 spiro atoms. The predicted molar refractivity (Wildman–Crippen MR) is 60.4 cm³/mol. The molecule has 0 bridgehead atoms. The highest BCUT2D eigenvalue weighted by molar-refractivity contribution is 6.39. The van der Waals surface area contributed by atoms with Crippen LogP contribution in [0.3, 0.4) is 0 Å². The third-order valence-corrected chi connectivity index (χ3v) is 2.47. The van der Waals surface area contributed by atoms with E-state index in [1.807, 2.05) is 0 Å². The molecule has 12 heavy (non-hydrogen) atoms. The lowest BCUT2D eigenvalue weighted by Gasteiger charge is -2.16. The molecule has 0 saturated heterocycles. The van der Waals surface area contributed by atoms with Crippen molar-refractivity contribution in [3.63, 3.8) is 0 Å². The zero-order valence-corrected chi connectivity index (χ0v) is 9.40. The Balaban J connectivity index is 3.54. The fourth-order valence-corrected chi connectivity index (χ4v) is 1.95. The minimum Gasteiger partial charge on any atom is -0.0710 e. The van der Waals surface area contributed by atoms with Gasteiger partial charge in [-0.2, -0.15) is 0 Å². The lowest BCUT2D eigenvalue weighted by Crippen LogP contribution is -2.06. The minimum atomic E-state index is 0.887. The molecule has 1 heteroatoms. The van der Waals surface area contributed by atoms with Crippen molar-refractivity contribution in [3.8, 4) is 0 Å². The van der Waals surface area contributed by atoms with E-state index in [4.69, 9.17) is 0 Å². The van der Waals surface area contributed by atoms with E-state index in [2.05, 4.69) is 27.7 Å². The van der Waals surface area contributed by atoms with Crippen molar-refractivity contribution in [2.24, 2.45) is 0 Å². The summed E-state index contributed by atoms with van der Waals surface area (Å²) in [5, 5.41) is 0. The van der Waals surface area contributed by atoms with Gasteiger partial charge >= 0.3 is 0 Å². The summed E-state index contributed by atoms with van der Waals surface area (Å²) in [5.41, 5.74) is 0. The summed E-state index contributed by atoms with van der Waals surface area (Å²) in [7, 11) is 1.44. The minimum absolute atomic E-state index is 0.887. The molecule has 0 aliphatic heterocycles. The fraction of sp³-hybridized carbons (Fsp3) is 1.00. The van der Waals surface area contributed by atoms with Crippen LogP contribution in [-0.2, 0) is 0 Å². The summed E-state index contributed by atoms with van der Waals surface area (Å²) in [4.78, 5) is 0. The molecule has 72 valence electrons. The van der Waals surface area contributed by atoms with Crippen molar-refractivity contribution < 1.29 is 0 Å². The van der Waals surface area contributed by atoms with Gasteiger partial charge in [-0.3, -0.25) is 0 Å². The fourth-order valence-electron chi connectivity index (χ4n) is 1.95. The van der Waals surface area contributed by atoms with Crippen molar-refractivity contribution in [2.45, 2.75) is 71.4 Å². The van der Waals surface area contributed by atoms with Gasteiger partial charge in [0.25, 0.3) is 0 Å². The Hall–Kier alpha value is 0.0649. The first kappa shape index (κ1) is 12.1. The summed E-state index contributed by atoms with van der Waals surface area (Å²) < 4.78 is 0. The first-order valence-electron chi connectivity index (χ1n) is 5.70. The normalized spacial score (nSPS) is 13.4. The monoisotopic (exact) mass is 168 g/mol. The molecule has 1 atom stereocenters. The number of unbranched alkanes of at least 4 members (excludes halogenated alkanes) is 1. The van der Waals surface area contributed by atoms with Crippen LogP contribution in [0.2, 0.25) is 11.6 Å². The maximum absolute atomic E-state index is 2.34. The van der Waals surface area contributed by atoms with Crippen LogP contribution in [0.4, 0.5) is 0 Å². The second-order valence-electron chi connectivity index (χ2n) is 4.43. The molecule has 0 saturated carbocycles. The third kappa shape index (κ3) is 6.76. The molecule has 0 N–H and O–H groups in total. The molecule has 1 unspecified atom stereocenters. The van der Waals surface area contributed by atoms with E-state index < -0.39 is 0 Å². The Morgan fingerprint density at radius 2 is 1.67 bits per heavy atom. The van der Waals surface area contributed by atoms with Crippen LogP contribution < -0.4 is 0 Å². The van der Waals surface area contributed by atoms with E-state index in [1.165, 1.54) is 39.4 Å². The van der Waals surface area contributed by atoms with Crippen LogP contribution in [-0.4, -0.2) is 7.28 Å². The quantitative estimate of drug-likeness (QED) is 0.503. The standard InChI is InChI=1S/C11H25B/c1-5-7-9-11(8-6-2)12-10(3)4/h10-12H,5-9H2,1-4H3. The molecule has 0 nitrogen and oxygen atoms in total. The van der Waals surface area contributed by atoms with Gasteiger partial charge in [0, 0.05) is 0 Å². The van der Waals surface area contributed by atoms with Crippen LogP contribution in [0, 0.1) is 0 Å². The average molecular weight is 168 g/mol. The average Bonchev–Trinajstić information content (AvgIpc) is 2.00. The van der Waals surface area contributed by atoms with Gasteiger partial charge in [0.2, 0.25) is 0 Å². The SMILES string of the molecule is CCCCC(BC(C)C)CCC. The summed E-state index contributed by atoms with van der Waals surface area (Å²) in [5.74, 6) is 1.90. The lowest BCUT2D eigenvalue weighted by atomic mass is 9.53. The summed E-state index contributed by atoms with van der Waals surface area (Å²) in [6.07, 6.45) is 7.05. The van der Waals surface area contributed by atoms with Crippen LogP contribution >= 0.6 is 0 Å². The van der Waals surface area contributed by atoms with Gasteiger partial charge in [-0.15, -0.1) is 0 Å². The van der Waals surface area contributed by atoms with Crippen LogP contribution in [0.25, 0.3) is 0 Å². The first-order chi connectivity index (χ1) is 5.70. The maximum atomic E-state index is 2.34. The Kier molecular flexibility index (Phi) is 7.74. The molecule has 0 fully saturated rings. The van der Waals surface area contributed by atoms with Gasteiger partial charge in [-0.1, -0.05) is 71.4 Å². The van der Waals surface area contributed by atoms with Crippen molar-refractivity contribution in [2.75, 3.05) is 0 Å². The van der Waals surface area contributed by atoms with Crippen molar-refractivity contribution >= 4 is 7.28 Å². The molecule has 0 heterocycles. The maximum Gasteiger partial charge on any atom is 0.126 e. The number of hydrogen-bond donors (Lipinski definition) is 0. The van der Waals surface area contributed by atoms with E-state index in [-0.39, 0.29) is 0 Å². The van der Waals surface area contributed by atoms with Gasteiger partial charge in [0.15, 0.2) is 0 Å². The predicted octanol–water partition coefficient (Wildman–Crippen LogP) is 4.03. The van der Waals surface area contributed by atoms with E-state index in [9.17, 15) is 0 Å². The number of rotatable bonds is 7. The van der Waals surface area contributed by atoms with Crippen LogP contribution in [0.5, 0.6) is 0 Å². The van der Waals surface area contributed by atoms with Crippen molar-refractivity contribution in [1.29, 1.82) is 0 Å². The topological polar surface area (TPSA) is 0 Å². The molecular formula is C11H25B. The van der Waals surface area contributed by atoms with E-state index in [0.29, 0.717) is 0 Å². The Bertz CT molecular complexity index is 89.0. The molecule has 0 rings (SSSR count). The number of hydrogen-bond acceptors (Lipinski definition) is 0. The zero-order chi connectivity index (χ0) is 9.40. The van der Waals surface area contributed by atoms with Gasteiger partial charge in [0.05, 0.1) is 0 Å². The first-order valence-corrected chi connectivity index (χ1v) is 5.70. The van der Waals surface area contributed by atoms with E-state index in [1.54, 1.807) is 0 Å². The van der Waals surface area contributed by atoms with Crippen LogP contribution in [0.1, 0.15) is 59.8 Å². The third-order valence-electron chi connectivity index (χ3n) is 2.47. The lowest BCUT2D eigenvalue weighted by molar-refractivity contribution is 0.614. The molecule has 0 amide bonds. The van der Waals surface area contributed by atoms with Crippen molar-refractivity contribution in [3.05, 3.63) is 0 Å². The molecule has 0 aromatic heterocycles. The van der Waals surface area contributed by atoms with E-state index in [0.717, 1.165) is 11.6 Å². The second kappa shape index (κ2) is 7.70. The molecular weight excluding hydrogens is 143 g/mol. The molecule has 0 aromatic rings. The van der Waals surface area contributed by atoms with Crippen molar-refractivity contribution in [1.82, 2.24) is 0 Å². The molecule has 0 radical (unpaired) electrons. The Morgan fingerprint density at radius 3 is 2.08 bits per heavy atom. The van der Waals surface area contributed by atoms with Gasteiger partial charge in [0.1, 0.15) is 7.28 Å². The second-order valence-corrected chi connectivity index (χ2v) is 4.43. The molecule has 0 aromatic carbocycles. The highest BCUT2D eigenvalue weighted by atomic mass is 14.0. The Labute approximate surface area is 79.4 Å². The summed E-state index contributed by atoms with van der Waals surface area (Å²) >= 11 is 0. The smallest absolute Gasteiger partial charge is 0.0710 e. The van der Waals surface area contributed by atoms with Gasteiger partial charge < -0.3 is 0 Å². The van der Waals surface area contributed by atoms with Crippen LogP contribution in [0.15, 0.2) is 0 Å². The van der Waals surface area contributed by atoms with Gasteiger partial charge in [-0.25, -0.2) is 0 Å². The van der Waals surface area contributed by atoms with E-state index >= 15 is 0 Å². The summed E-state index contributed by atoms with van der Waals surface area (Å²) in [6.45, 7) is 9.28. The van der Waals surface area contributed by atoms with Gasteiger partial charge in [-0.05, 0) is 0 Å². The highest BCUT2D eigenvalue weighted by Crippen LogP contribution is 2.23. The Morgan fingerprint density at radius 1 is 1.00 bits per heavy atom. The summed E-state index contributed by atoms with van der Waals surface area (Å²) in [6, 6.07) is 0. The zero-order valence-electron chi connectivity index (χ0n) is 9.40.